The Labute approximate surface area is 184 Å². The van der Waals surface area contributed by atoms with Crippen LogP contribution in [0.2, 0.25) is 0 Å². The number of benzene rings is 1. The summed E-state index contributed by atoms with van der Waals surface area (Å²) >= 11 is 1.54. The second-order valence-electron chi connectivity index (χ2n) is 7.66. The first-order valence-electron chi connectivity index (χ1n) is 9.69. The number of sulfone groups is 1. The normalized spacial score (nSPS) is 11.9. The summed E-state index contributed by atoms with van der Waals surface area (Å²) in [6.45, 7) is 5.83. The van der Waals surface area contributed by atoms with Gasteiger partial charge in [0, 0.05) is 18.0 Å². The van der Waals surface area contributed by atoms with Gasteiger partial charge in [-0.25, -0.2) is 18.1 Å². The maximum atomic E-state index is 13.3. The van der Waals surface area contributed by atoms with Crippen LogP contribution in [-0.4, -0.2) is 35.3 Å². The number of fused-ring (bicyclic) bond motifs is 1. The predicted molar refractivity (Wildman–Crippen MR) is 123 cm³/mol. The molecular weight excluding hydrogens is 432 g/mol. The van der Waals surface area contributed by atoms with Gasteiger partial charge in [-0.05, 0) is 56.0 Å². The van der Waals surface area contributed by atoms with Crippen molar-refractivity contribution in [2.45, 2.75) is 31.7 Å². The Bertz CT molecular complexity index is 1390. The summed E-state index contributed by atoms with van der Waals surface area (Å²) in [5.74, 6) is -0.345. The molecule has 160 valence electrons. The number of thiophene rings is 1. The quantitative estimate of drug-likeness (QED) is 0.471. The molecule has 7 nitrogen and oxygen atoms in total. The highest BCUT2D eigenvalue weighted by Crippen LogP contribution is 2.30. The number of carbonyl (C=O) groups excluding carboxylic acids is 1. The lowest BCUT2D eigenvalue weighted by Gasteiger charge is -2.12. The van der Waals surface area contributed by atoms with E-state index in [4.69, 9.17) is 4.98 Å². The van der Waals surface area contributed by atoms with Crippen LogP contribution in [0.3, 0.4) is 0 Å². The maximum absolute atomic E-state index is 13.3. The van der Waals surface area contributed by atoms with Gasteiger partial charge in [0.15, 0.2) is 15.5 Å². The number of nitrogens with zero attached hydrogens (tertiary/aromatic N) is 3. The minimum Gasteiger partial charge on any atom is -0.322 e. The second-order valence-corrected chi connectivity index (χ2v) is 10.6. The van der Waals surface area contributed by atoms with E-state index in [0.29, 0.717) is 28.0 Å². The minimum absolute atomic E-state index is 0.0770. The third-order valence-corrected chi connectivity index (χ3v) is 6.96. The first kappa shape index (κ1) is 21.2. The van der Waals surface area contributed by atoms with Crippen molar-refractivity contribution in [1.29, 1.82) is 0 Å². The monoisotopic (exact) mass is 454 g/mol. The van der Waals surface area contributed by atoms with Crippen LogP contribution >= 0.6 is 11.3 Å². The molecule has 0 unspecified atom stereocenters. The Balaban J connectivity index is 1.83. The summed E-state index contributed by atoms with van der Waals surface area (Å²) in [6, 6.07) is 10.4. The predicted octanol–water partition coefficient (Wildman–Crippen LogP) is 4.70. The van der Waals surface area contributed by atoms with Crippen molar-refractivity contribution in [3.05, 3.63) is 59.1 Å². The molecule has 0 aliphatic rings. The number of hydrogen-bond donors (Lipinski definition) is 1. The molecule has 4 rings (SSSR count). The molecule has 0 atom stereocenters. The van der Waals surface area contributed by atoms with Crippen LogP contribution in [0.15, 0.2) is 52.9 Å². The zero-order chi connectivity index (χ0) is 22.3. The molecule has 0 spiro atoms. The fourth-order valence-corrected chi connectivity index (χ4v) is 4.62. The Morgan fingerprint density at radius 1 is 1.19 bits per heavy atom. The average molecular weight is 455 g/mol. The molecular formula is C22H22N4O3S2. The molecule has 0 radical (unpaired) electrons. The number of hydrogen-bond acceptors (Lipinski definition) is 6. The van der Waals surface area contributed by atoms with Crippen LogP contribution in [0.25, 0.3) is 21.6 Å². The molecule has 9 heteroatoms. The van der Waals surface area contributed by atoms with E-state index in [1.165, 1.54) is 12.1 Å². The highest BCUT2D eigenvalue weighted by molar-refractivity contribution is 7.90. The summed E-state index contributed by atoms with van der Waals surface area (Å²) in [6.07, 6.45) is 2.79. The van der Waals surface area contributed by atoms with E-state index in [9.17, 15) is 13.2 Å². The summed E-state index contributed by atoms with van der Waals surface area (Å²) in [7, 11) is -3.39. The van der Waals surface area contributed by atoms with E-state index in [0.717, 1.165) is 16.7 Å². The van der Waals surface area contributed by atoms with Crippen molar-refractivity contribution in [2.75, 3.05) is 11.6 Å². The van der Waals surface area contributed by atoms with Crippen LogP contribution in [0.1, 0.15) is 35.8 Å². The summed E-state index contributed by atoms with van der Waals surface area (Å²) in [4.78, 5) is 19.2. The molecule has 1 amide bonds. The first-order chi connectivity index (χ1) is 14.6. The number of amides is 1. The molecule has 1 N–H and O–H groups in total. The summed E-state index contributed by atoms with van der Waals surface area (Å²) < 4.78 is 25.7. The molecule has 0 aliphatic carbocycles. The molecule has 0 fully saturated rings. The maximum Gasteiger partial charge on any atom is 0.256 e. The first-order valence-corrected chi connectivity index (χ1v) is 12.5. The van der Waals surface area contributed by atoms with Gasteiger partial charge in [0.25, 0.3) is 5.91 Å². The third kappa shape index (κ3) is 4.11. The van der Waals surface area contributed by atoms with E-state index >= 15 is 0 Å². The van der Waals surface area contributed by atoms with Gasteiger partial charge in [-0.3, -0.25) is 4.79 Å². The summed E-state index contributed by atoms with van der Waals surface area (Å²) in [5.41, 5.74) is 2.97. The largest absolute Gasteiger partial charge is 0.322 e. The van der Waals surface area contributed by atoms with Gasteiger partial charge in [-0.2, -0.15) is 5.10 Å². The van der Waals surface area contributed by atoms with Crippen LogP contribution in [-0.2, 0) is 9.84 Å². The van der Waals surface area contributed by atoms with E-state index in [1.54, 1.807) is 34.3 Å². The van der Waals surface area contributed by atoms with Crippen LogP contribution in [0.4, 0.5) is 5.69 Å². The average Bonchev–Trinajstić information content (AvgIpc) is 3.37. The molecule has 0 saturated heterocycles. The van der Waals surface area contributed by atoms with Crippen molar-refractivity contribution < 1.29 is 13.2 Å². The molecule has 4 aromatic rings. The van der Waals surface area contributed by atoms with Crippen molar-refractivity contribution in [3.63, 3.8) is 0 Å². The van der Waals surface area contributed by atoms with Gasteiger partial charge < -0.3 is 5.32 Å². The zero-order valence-electron chi connectivity index (χ0n) is 17.6. The number of aromatic nitrogens is 3. The Morgan fingerprint density at radius 3 is 2.61 bits per heavy atom. The van der Waals surface area contributed by atoms with Crippen molar-refractivity contribution in [3.8, 4) is 10.6 Å². The second kappa shape index (κ2) is 7.90. The third-order valence-electron chi connectivity index (χ3n) is 4.96. The van der Waals surface area contributed by atoms with Gasteiger partial charge in [0.2, 0.25) is 0 Å². The number of pyridine rings is 1. The lowest BCUT2D eigenvalue weighted by atomic mass is 10.1. The zero-order valence-corrected chi connectivity index (χ0v) is 19.2. The number of anilines is 1. The van der Waals surface area contributed by atoms with E-state index < -0.39 is 9.84 Å². The van der Waals surface area contributed by atoms with Gasteiger partial charge >= 0.3 is 0 Å². The van der Waals surface area contributed by atoms with E-state index in [2.05, 4.69) is 10.4 Å². The molecule has 31 heavy (non-hydrogen) atoms. The highest BCUT2D eigenvalue weighted by atomic mass is 32.2. The molecule has 3 heterocycles. The van der Waals surface area contributed by atoms with Crippen LogP contribution < -0.4 is 5.32 Å². The van der Waals surface area contributed by atoms with Crippen molar-refractivity contribution in [2.24, 2.45) is 0 Å². The number of carbonyl (C=O) groups is 1. The fraction of sp³-hybridized carbons (Fsp3) is 0.227. The fourth-order valence-electron chi connectivity index (χ4n) is 3.29. The van der Waals surface area contributed by atoms with Crippen LogP contribution in [0, 0.1) is 6.92 Å². The molecule has 0 aliphatic heterocycles. The SMILES string of the molecule is Cc1ccc(S(C)(=O)=O)cc1NC(=O)c1cc(-c2cccs2)nc2c1cnn2C(C)C. The smallest absolute Gasteiger partial charge is 0.256 e. The van der Waals surface area contributed by atoms with Gasteiger partial charge in [-0.15, -0.1) is 11.3 Å². The Morgan fingerprint density at radius 2 is 1.97 bits per heavy atom. The standard InChI is InChI=1S/C22H22N4O3S2/c1-13(2)26-21-17(12-23-26)16(11-19(24-21)20-6-5-9-30-20)22(27)25-18-10-15(31(4,28)29)8-7-14(18)3/h5-13H,1-4H3,(H,25,27). The number of nitrogens with one attached hydrogen (secondary N) is 1. The molecule has 3 aromatic heterocycles. The van der Waals surface area contributed by atoms with Crippen LogP contribution in [0.5, 0.6) is 0 Å². The van der Waals surface area contributed by atoms with E-state index in [1.807, 2.05) is 38.3 Å². The summed E-state index contributed by atoms with van der Waals surface area (Å²) in [5, 5.41) is 9.91. The van der Waals surface area contributed by atoms with Gasteiger partial charge in [0.05, 0.1) is 32.6 Å². The molecule has 0 saturated carbocycles. The van der Waals surface area contributed by atoms with Gasteiger partial charge in [-0.1, -0.05) is 12.1 Å². The topological polar surface area (TPSA) is 93.9 Å². The van der Waals surface area contributed by atoms with Crippen molar-refractivity contribution in [1.82, 2.24) is 14.8 Å². The Kier molecular flexibility index (Phi) is 5.40. The molecule has 1 aromatic carbocycles. The number of aryl methyl sites for hydroxylation is 1. The lowest BCUT2D eigenvalue weighted by Crippen LogP contribution is -2.14. The Hall–Kier alpha value is -3.04. The van der Waals surface area contributed by atoms with Crippen molar-refractivity contribution >= 4 is 43.8 Å². The highest BCUT2D eigenvalue weighted by Gasteiger charge is 2.20. The molecule has 0 bridgehead atoms. The minimum atomic E-state index is -3.39. The van der Waals surface area contributed by atoms with E-state index in [-0.39, 0.29) is 16.8 Å². The van der Waals surface area contributed by atoms with Gasteiger partial charge in [0.1, 0.15) is 0 Å². The number of rotatable bonds is 5. The lowest BCUT2D eigenvalue weighted by molar-refractivity contribution is 0.102.